The van der Waals surface area contributed by atoms with E-state index in [1.807, 2.05) is 4.90 Å². The van der Waals surface area contributed by atoms with Crippen LogP contribution in [0.15, 0.2) is 12.3 Å². The summed E-state index contributed by atoms with van der Waals surface area (Å²) in [6.07, 6.45) is 3.81. The highest BCUT2D eigenvalue weighted by Gasteiger charge is 2.24. The second-order valence-electron chi connectivity index (χ2n) is 4.56. The van der Waals surface area contributed by atoms with Crippen molar-refractivity contribution in [3.63, 3.8) is 0 Å². The third-order valence-corrected chi connectivity index (χ3v) is 3.14. The lowest BCUT2D eigenvalue weighted by Crippen LogP contribution is -2.41. The predicted molar refractivity (Wildman–Crippen MR) is 65.7 cm³/mol. The molecule has 1 saturated heterocycles. The van der Waals surface area contributed by atoms with E-state index in [0.29, 0.717) is 17.3 Å². The molecule has 1 aliphatic rings. The van der Waals surface area contributed by atoms with Gasteiger partial charge < -0.3 is 20.4 Å². The molecule has 2 heterocycles. The molecule has 1 aromatic heterocycles. The molecule has 0 radical (unpaired) electrons. The number of methoxy groups -OCH3 is 1. The number of anilines is 1. The van der Waals surface area contributed by atoms with E-state index in [9.17, 15) is 4.79 Å². The second kappa shape index (κ2) is 5.23. The predicted octanol–water partition coefficient (Wildman–Crippen LogP) is 1.10. The molecule has 1 atom stereocenters. The van der Waals surface area contributed by atoms with E-state index in [4.69, 9.17) is 10.5 Å². The number of nitrogens with two attached hydrogens (primary N) is 1. The normalized spacial score (nSPS) is 20.5. The molecule has 5 heteroatoms. The Labute approximate surface area is 101 Å². The first kappa shape index (κ1) is 12.0. The monoisotopic (exact) mass is 237 g/mol. The van der Waals surface area contributed by atoms with Crippen molar-refractivity contribution in [2.45, 2.75) is 12.8 Å². The summed E-state index contributed by atoms with van der Waals surface area (Å²) in [5.74, 6) is 0.479. The molecule has 94 valence electrons. The Kier molecular flexibility index (Phi) is 3.68. The van der Waals surface area contributed by atoms with Crippen LogP contribution in [-0.2, 0) is 4.74 Å². The first-order chi connectivity index (χ1) is 8.20. The van der Waals surface area contributed by atoms with Crippen molar-refractivity contribution in [1.29, 1.82) is 0 Å². The fraction of sp³-hybridized carbons (Fsp3) is 0.583. The van der Waals surface area contributed by atoms with Gasteiger partial charge in [0.1, 0.15) is 5.69 Å². The van der Waals surface area contributed by atoms with Crippen LogP contribution in [0.5, 0.6) is 0 Å². The number of hydrogen-bond acceptors (Lipinski definition) is 3. The Bertz CT molecular complexity index is 387. The number of carbonyl (C=O) groups is 1. The average Bonchev–Trinajstić information content (AvgIpc) is 2.76. The number of amides is 1. The number of aromatic amines is 1. The highest BCUT2D eigenvalue weighted by atomic mass is 16.5. The van der Waals surface area contributed by atoms with Crippen LogP contribution in [0.3, 0.4) is 0 Å². The number of nitrogens with one attached hydrogen (secondary N) is 1. The topological polar surface area (TPSA) is 71.3 Å². The van der Waals surface area contributed by atoms with Crippen LogP contribution in [-0.4, -0.2) is 42.6 Å². The largest absolute Gasteiger partial charge is 0.397 e. The summed E-state index contributed by atoms with van der Waals surface area (Å²) < 4.78 is 5.15. The Morgan fingerprint density at radius 2 is 2.53 bits per heavy atom. The smallest absolute Gasteiger partial charge is 0.270 e. The SMILES string of the molecule is COCC1CCCN(C(=O)c2cc(N)c[nH]2)C1. The summed E-state index contributed by atoms with van der Waals surface area (Å²) in [5, 5.41) is 0. The molecular formula is C12H19N3O2. The number of rotatable bonds is 3. The molecule has 0 spiro atoms. The highest BCUT2D eigenvalue weighted by molar-refractivity contribution is 5.93. The number of H-pyrrole nitrogens is 1. The third kappa shape index (κ3) is 2.79. The van der Waals surface area contributed by atoms with Crippen LogP contribution in [0.1, 0.15) is 23.3 Å². The van der Waals surface area contributed by atoms with Gasteiger partial charge >= 0.3 is 0 Å². The summed E-state index contributed by atoms with van der Waals surface area (Å²) in [6.45, 7) is 2.31. The van der Waals surface area contributed by atoms with Crippen molar-refractivity contribution in [1.82, 2.24) is 9.88 Å². The van der Waals surface area contributed by atoms with Crippen LogP contribution in [0.25, 0.3) is 0 Å². The van der Waals surface area contributed by atoms with Crippen molar-refractivity contribution in [3.8, 4) is 0 Å². The fourth-order valence-electron chi connectivity index (χ4n) is 2.33. The summed E-state index contributed by atoms with van der Waals surface area (Å²) in [4.78, 5) is 16.9. The van der Waals surface area contributed by atoms with E-state index in [2.05, 4.69) is 4.98 Å². The zero-order valence-electron chi connectivity index (χ0n) is 10.1. The standard InChI is InChI=1S/C12H19N3O2/c1-17-8-9-3-2-4-15(7-9)12(16)11-5-10(13)6-14-11/h5-6,9,14H,2-4,7-8,13H2,1H3. The molecule has 1 fully saturated rings. The lowest BCUT2D eigenvalue weighted by atomic mass is 9.99. The van der Waals surface area contributed by atoms with Gasteiger partial charge in [-0.25, -0.2) is 0 Å². The first-order valence-corrected chi connectivity index (χ1v) is 5.93. The molecule has 0 bridgehead atoms. The van der Waals surface area contributed by atoms with Gasteiger partial charge in [0.25, 0.3) is 5.91 Å². The maximum atomic E-state index is 12.2. The molecular weight excluding hydrogens is 218 g/mol. The minimum absolute atomic E-state index is 0.0301. The Morgan fingerprint density at radius 3 is 3.18 bits per heavy atom. The molecule has 1 aromatic rings. The lowest BCUT2D eigenvalue weighted by Gasteiger charge is -2.32. The maximum Gasteiger partial charge on any atom is 0.270 e. The number of nitrogens with zero attached hydrogens (tertiary/aromatic N) is 1. The van der Waals surface area contributed by atoms with E-state index in [-0.39, 0.29) is 5.91 Å². The summed E-state index contributed by atoms with van der Waals surface area (Å²) in [6, 6.07) is 1.68. The van der Waals surface area contributed by atoms with Gasteiger partial charge in [-0.15, -0.1) is 0 Å². The van der Waals surface area contributed by atoms with Gasteiger partial charge in [-0.3, -0.25) is 4.79 Å². The number of piperidine rings is 1. The molecule has 5 nitrogen and oxygen atoms in total. The summed E-state index contributed by atoms with van der Waals surface area (Å²) in [5.41, 5.74) is 6.77. The number of ether oxygens (including phenoxy) is 1. The zero-order chi connectivity index (χ0) is 12.3. The van der Waals surface area contributed by atoms with E-state index in [0.717, 1.165) is 32.5 Å². The second-order valence-corrected chi connectivity index (χ2v) is 4.56. The van der Waals surface area contributed by atoms with Crippen molar-refractivity contribution in [3.05, 3.63) is 18.0 Å². The highest BCUT2D eigenvalue weighted by Crippen LogP contribution is 2.19. The van der Waals surface area contributed by atoms with E-state index in [1.165, 1.54) is 0 Å². The molecule has 3 N–H and O–H groups in total. The maximum absolute atomic E-state index is 12.2. The average molecular weight is 237 g/mol. The van der Waals surface area contributed by atoms with Crippen molar-refractivity contribution < 1.29 is 9.53 Å². The van der Waals surface area contributed by atoms with E-state index >= 15 is 0 Å². The molecule has 1 amide bonds. The number of likely N-dealkylation sites (tertiary alicyclic amines) is 1. The lowest BCUT2D eigenvalue weighted by molar-refractivity contribution is 0.0566. The van der Waals surface area contributed by atoms with Crippen LogP contribution in [0, 0.1) is 5.92 Å². The van der Waals surface area contributed by atoms with Crippen molar-refractivity contribution in [2.75, 3.05) is 32.5 Å². The molecule has 0 saturated carbocycles. The van der Waals surface area contributed by atoms with Crippen LogP contribution < -0.4 is 5.73 Å². The Balaban J connectivity index is 1.99. The van der Waals surface area contributed by atoms with Crippen LogP contribution in [0.4, 0.5) is 5.69 Å². The molecule has 1 unspecified atom stereocenters. The zero-order valence-corrected chi connectivity index (χ0v) is 10.1. The fourth-order valence-corrected chi connectivity index (χ4v) is 2.33. The van der Waals surface area contributed by atoms with Gasteiger partial charge in [0.2, 0.25) is 0 Å². The number of nitrogen functional groups attached to an aromatic ring is 1. The van der Waals surface area contributed by atoms with Crippen LogP contribution in [0.2, 0.25) is 0 Å². The Hall–Kier alpha value is -1.49. The van der Waals surface area contributed by atoms with Gasteiger partial charge in [0.15, 0.2) is 0 Å². The summed E-state index contributed by atoms with van der Waals surface area (Å²) in [7, 11) is 1.70. The Morgan fingerprint density at radius 1 is 1.71 bits per heavy atom. The third-order valence-electron chi connectivity index (χ3n) is 3.14. The molecule has 0 aliphatic carbocycles. The van der Waals surface area contributed by atoms with Gasteiger partial charge in [0.05, 0.1) is 6.61 Å². The van der Waals surface area contributed by atoms with Gasteiger partial charge in [-0.1, -0.05) is 0 Å². The minimum Gasteiger partial charge on any atom is -0.397 e. The van der Waals surface area contributed by atoms with E-state index in [1.54, 1.807) is 19.4 Å². The minimum atomic E-state index is 0.0301. The molecule has 0 aromatic carbocycles. The quantitative estimate of drug-likeness (QED) is 0.826. The molecule has 2 rings (SSSR count). The van der Waals surface area contributed by atoms with Gasteiger partial charge in [-0.05, 0) is 24.8 Å². The van der Waals surface area contributed by atoms with Gasteiger partial charge in [0, 0.05) is 32.1 Å². The summed E-state index contributed by atoms with van der Waals surface area (Å²) >= 11 is 0. The van der Waals surface area contributed by atoms with E-state index < -0.39 is 0 Å². The number of carbonyl (C=O) groups excluding carboxylic acids is 1. The molecule has 1 aliphatic heterocycles. The van der Waals surface area contributed by atoms with Gasteiger partial charge in [-0.2, -0.15) is 0 Å². The van der Waals surface area contributed by atoms with Crippen LogP contribution >= 0.6 is 0 Å². The molecule has 17 heavy (non-hydrogen) atoms. The van der Waals surface area contributed by atoms with Crippen molar-refractivity contribution in [2.24, 2.45) is 5.92 Å². The van der Waals surface area contributed by atoms with Crippen molar-refractivity contribution >= 4 is 11.6 Å². The number of aromatic nitrogens is 1. The number of hydrogen-bond donors (Lipinski definition) is 2. The first-order valence-electron chi connectivity index (χ1n) is 5.93.